The van der Waals surface area contributed by atoms with E-state index in [4.69, 9.17) is 4.74 Å². The summed E-state index contributed by atoms with van der Waals surface area (Å²) in [5, 5.41) is 0. The average Bonchev–Trinajstić information content (AvgIpc) is 3.35. The van der Waals surface area contributed by atoms with Crippen LogP contribution in [0.5, 0.6) is 11.5 Å². The highest BCUT2D eigenvalue weighted by Gasteiger charge is 2.35. The van der Waals surface area contributed by atoms with E-state index >= 15 is 0 Å². The van der Waals surface area contributed by atoms with Crippen LogP contribution in [0.15, 0.2) is 24.4 Å². The third-order valence-electron chi connectivity index (χ3n) is 5.07. The van der Waals surface area contributed by atoms with Crippen LogP contribution in [0.1, 0.15) is 48.5 Å². The summed E-state index contributed by atoms with van der Waals surface area (Å²) in [6, 6.07) is 5.25. The zero-order chi connectivity index (χ0) is 18.4. The second-order valence-corrected chi connectivity index (χ2v) is 6.97. The van der Waals surface area contributed by atoms with Gasteiger partial charge in [0.25, 0.3) is 0 Å². The molecule has 0 amide bonds. The number of carbonyl (C=O) groups is 1. The van der Waals surface area contributed by atoms with E-state index in [1.165, 1.54) is 0 Å². The number of nitrogens with zero attached hydrogens (tertiary/aromatic N) is 1. The second-order valence-electron chi connectivity index (χ2n) is 6.97. The molecule has 0 radical (unpaired) electrons. The summed E-state index contributed by atoms with van der Waals surface area (Å²) < 4.78 is 37.9. The first-order valence-corrected chi connectivity index (χ1v) is 8.98. The van der Waals surface area contributed by atoms with E-state index in [0.29, 0.717) is 18.7 Å². The van der Waals surface area contributed by atoms with Gasteiger partial charge in [0.1, 0.15) is 0 Å². The van der Waals surface area contributed by atoms with Crippen molar-refractivity contribution in [2.45, 2.75) is 45.8 Å². The van der Waals surface area contributed by atoms with Crippen LogP contribution in [0.25, 0.3) is 11.3 Å². The molecule has 2 aliphatic rings. The Hall–Kier alpha value is -2.37. The zero-order valence-electron chi connectivity index (χ0n) is 14.8. The van der Waals surface area contributed by atoms with Gasteiger partial charge >= 0.3 is 6.61 Å². The van der Waals surface area contributed by atoms with Crippen LogP contribution in [0.3, 0.4) is 0 Å². The van der Waals surface area contributed by atoms with Gasteiger partial charge in [0.2, 0.25) is 0 Å². The third kappa shape index (κ3) is 2.87. The number of Topliss-reactive ketones (excluding diaryl/α,β-unsaturated/α-hetero) is 1. The van der Waals surface area contributed by atoms with E-state index in [1.807, 2.05) is 19.2 Å². The Bertz CT molecular complexity index is 855. The van der Waals surface area contributed by atoms with Crippen LogP contribution in [-0.4, -0.2) is 23.6 Å². The predicted octanol–water partition coefficient (Wildman–Crippen LogP) is 4.87. The molecular weight excluding hydrogens is 340 g/mol. The number of alkyl halides is 2. The molecule has 1 fully saturated rings. The lowest BCUT2D eigenvalue weighted by Crippen LogP contribution is -2.17. The minimum Gasteiger partial charge on any atom is -0.490 e. The summed E-state index contributed by atoms with van der Waals surface area (Å²) in [7, 11) is 0. The monoisotopic (exact) mass is 361 g/mol. The number of fused-ring (bicyclic) bond motifs is 3. The molecule has 1 aromatic heterocycles. The van der Waals surface area contributed by atoms with Gasteiger partial charge in [0.15, 0.2) is 17.3 Å². The molecule has 6 heteroatoms. The standard InChI is InChI=1S/C20H21F2NO3/c1-3-25-16-9-15-14(8-17(16)26-20(21)22)11(2)10-23-7-6-13(18(15)23)19(24)12-4-5-12/h6-9,11-12,20H,3-5,10H2,1-2H3. The molecule has 1 aliphatic heterocycles. The molecule has 0 saturated heterocycles. The molecule has 26 heavy (non-hydrogen) atoms. The Morgan fingerprint density at radius 3 is 2.73 bits per heavy atom. The topological polar surface area (TPSA) is 40.5 Å². The van der Waals surface area contributed by atoms with Gasteiger partial charge in [-0.1, -0.05) is 6.92 Å². The molecule has 1 atom stereocenters. The maximum absolute atomic E-state index is 12.8. The number of aromatic nitrogens is 1. The number of ketones is 1. The first kappa shape index (κ1) is 17.1. The van der Waals surface area contributed by atoms with Crippen molar-refractivity contribution in [1.29, 1.82) is 0 Å². The Morgan fingerprint density at radius 1 is 1.31 bits per heavy atom. The largest absolute Gasteiger partial charge is 0.490 e. The lowest BCUT2D eigenvalue weighted by molar-refractivity contribution is -0.0515. The van der Waals surface area contributed by atoms with Crippen LogP contribution in [0.2, 0.25) is 0 Å². The lowest BCUT2D eigenvalue weighted by Gasteiger charge is -2.27. The van der Waals surface area contributed by atoms with Crippen molar-refractivity contribution in [3.63, 3.8) is 0 Å². The number of ether oxygens (including phenoxy) is 2. The highest BCUT2D eigenvalue weighted by molar-refractivity contribution is 6.05. The van der Waals surface area contributed by atoms with Gasteiger partial charge in [-0.2, -0.15) is 8.78 Å². The van der Waals surface area contributed by atoms with E-state index in [2.05, 4.69) is 9.30 Å². The predicted molar refractivity (Wildman–Crippen MR) is 93.1 cm³/mol. The van der Waals surface area contributed by atoms with Crippen LogP contribution in [0, 0.1) is 5.92 Å². The number of hydrogen-bond acceptors (Lipinski definition) is 3. The molecule has 138 valence electrons. The summed E-state index contributed by atoms with van der Waals surface area (Å²) in [5.74, 6) is 0.730. The maximum atomic E-state index is 12.8. The maximum Gasteiger partial charge on any atom is 0.387 e. The van der Waals surface area contributed by atoms with E-state index in [0.717, 1.165) is 29.7 Å². The minimum absolute atomic E-state index is 0.0440. The van der Waals surface area contributed by atoms with Crippen molar-refractivity contribution in [3.8, 4) is 22.8 Å². The van der Waals surface area contributed by atoms with Gasteiger partial charge < -0.3 is 14.0 Å². The van der Waals surface area contributed by atoms with Crippen molar-refractivity contribution < 1.29 is 23.0 Å². The first-order valence-electron chi connectivity index (χ1n) is 8.98. The normalized spacial score (nSPS) is 18.4. The van der Waals surface area contributed by atoms with Gasteiger partial charge in [-0.25, -0.2) is 0 Å². The molecule has 2 heterocycles. The average molecular weight is 361 g/mol. The summed E-state index contributed by atoms with van der Waals surface area (Å²) in [6.07, 6.45) is 3.82. The van der Waals surface area contributed by atoms with Crippen molar-refractivity contribution in [1.82, 2.24) is 4.57 Å². The molecular formula is C20H21F2NO3. The summed E-state index contributed by atoms with van der Waals surface area (Å²) in [4.78, 5) is 12.7. The molecule has 2 aromatic rings. The molecule has 1 aliphatic carbocycles. The quantitative estimate of drug-likeness (QED) is 0.690. The SMILES string of the molecule is CCOc1cc2c(cc1OC(F)F)C(C)Cn1ccc(C(=O)C3CC3)c1-2. The number of hydrogen-bond donors (Lipinski definition) is 0. The Balaban J connectivity index is 1.86. The van der Waals surface area contributed by atoms with Crippen LogP contribution in [0.4, 0.5) is 8.78 Å². The Labute approximate surface area is 150 Å². The third-order valence-corrected chi connectivity index (χ3v) is 5.07. The summed E-state index contributed by atoms with van der Waals surface area (Å²) >= 11 is 0. The van der Waals surface area contributed by atoms with Gasteiger partial charge in [-0.3, -0.25) is 4.79 Å². The van der Waals surface area contributed by atoms with Crippen molar-refractivity contribution in [2.24, 2.45) is 5.92 Å². The van der Waals surface area contributed by atoms with Crippen molar-refractivity contribution >= 4 is 5.78 Å². The van der Waals surface area contributed by atoms with E-state index in [1.54, 1.807) is 19.1 Å². The van der Waals surface area contributed by atoms with Gasteiger partial charge in [0, 0.05) is 29.8 Å². The molecule has 1 saturated carbocycles. The summed E-state index contributed by atoms with van der Waals surface area (Å²) in [6.45, 7) is 1.95. The van der Waals surface area contributed by atoms with E-state index < -0.39 is 6.61 Å². The molecule has 0 bridgehead atoms. The highest BCUT2D eigenvalue weighted by Crippen LogP contribution is 2.46. The van der Waals surface area contributed by atoms with E-state index in [9.17, 15) is 13.6 Å². The van der Waals surface area contributed by atoms with Crippen molar-refractivity contribution in [2.75, 3.05) is 6.61 Å². The molecule has 4 nitrogen and oxygen atoms in total. The lowest BCUT2D eigenvalue weighted by atomic mass is 9.88. The van der Waals surface area contributed by atoms with Gasteiger partial charge in [-0.15, -0.1) is 0 Å². The number of rotatable bonds is 6. The van der Waals surface area contributed by atoms with Gasteiger partial charge in [-0.05, 0) is 49.4 Å². The molecule has 1 unspecified atom stereocenters. The fourth-order valence-corrected chi connectivity index (χ4v) is 3.73. The first-order chi connectivity index (χ1) is 12.5. The molecule has 4 rings (SSSR count). The second kappa shape index (κ2) is 6.41. The highest BCUT2D eigenvalue weighted by atomic mass is 19.3. The molecule has 0 spiro atoms. The fraction of sp³-hybridized carbons (Fsp3) is 0.450. The molecule has 1 aromatic carbocycles. The van der Waals surface area contributed by atoms with Crippen LogP contribution in [-0.2, 0) is 6.54 Å². The van der Waals surface area contributed by atoms with E-state index in [-0.39, 0.29) is 29.1 Å². The smallest absolute Gasteiger partial charge is 0.387 e. The molecule has 0 N–H and O–H groups in total. The van der Waals surface area contributed by atoms with Crippen LogP contribution >= 0.6 is 0 Å². The fourth-order valence-electron chi connectivity index (χ4n) is 3.73. The number of benzene rings is 1. The van der Waals surface area contributed by atoms with Crippen LogP contribution < -0.4 is 9.47 Å². The van der Waals surface area contributed by atoms with Gasteiger partial charge in [0.05, 0.1) is 12.3 Å². The Morgan fingerprint density at radius 2 is 2.08 bits per heavy atom. The zero-order valence-corrected chi connectivity index (χ0v) is 14.8. The Kier molecular flexibility index (Phi) is 4.21. The number of carbonyl (C=O) groups excluding carboxylic acids is 1. The summed E-state index contributed by atoms with van der Waals surface area (Å²) in [5.41, 5.74) is 3.34. The minimum atomic E-state index is -2.91. The van der Waals surface area contributed by atoms with Crippen molar-refractivity contribution in [3.05, 3.63) is 35.5 Å². The number of halogens is 2.